The molecule has 1 aliphatic heterocycles. The van der Waals surface area contributed by atoms with E-state index in [0.29, 0.717) is 33.9 Å². The highest BCUT2D eigenvalue weighted by molar-refractivity contribution is 7.10. The molecule has 0 aliphatic carbocycles. The number of anilines is 1. The van der Waals surface area contributed by atoms with Crippen LogP contribution in [0.2, 0.25) is 0 Å². The monoisotopic (exact) mass is 523 g/mol. The zero-order chi connectivity index (χ0) is 26.2. The van der Waals surface area contributed by atoms with Crippen molar-refractivity contribution in [2.45, 2.75) is 6.04 Å². The summed E-state index contributed by atoms with van der Waals surface area (Å²) in [6.07, 6.45) is 0. The molecule has 0 saturated carbocycles. The summed E-state index contributed by atoms with van der Waals surface area (Å²) >= 11 is 1.39. The van der Waals surface area contributed by atoms with Crippen LogP contribution in [0.25, 0.3) is 11.0 Å². The molecule has 3 aromatic carbocycles. The van der Waals surface area contributed by atoms with Gasteiger partial charge in [-0.15, -0.1) is 11.3 Å². The van der Waals surface area contributed by atoms with Crippen LogP contribution in [-0.4, -0.2) is 23.9 Å². The number of hydrogen-bond donors (Lipinski definition) is 1. The second-order valence-corrected chi connectivity index (χ2v) is 9.56. The lowest BCUT2D eigenvalue weighted by Gasteiger charge is -2.25. The first-order valence-electron chi connectivity index (χ1n) is 11.8. The van der Waals surface area contributed by atoms with Crippen LogP contribution in [0.3, 0.4) is 0 Å². The summed E-state index contributed by atoms with van der Waals surface area (Å²) in [5.74, 6) is -0.0837. The van der Waals surface area contributed by atoms with Gasteiger partial charge in [-0.2, -0.15) is 0 Å². The first-order valence-corrected chi connectivity index (χ1v) is 12.7. The highest BCUT2D eigenvalue weighted by atomic mass is 32.1. The molecule has 1 aliphatic rings. The lowest BCUT2D eigenvalue weighted by atomic mass is 10.00. The third kappa shape index (κ3) is 4.01. The number of amides is 1. The van der Waals surface area contributed by atoms with Gasteiger partial charge in [-0.25, -0.2) is 0 Å². The zero-order valence-corrected chi connectivity index (χ0v) is 21.0. The van der Waals surface area contributed by atoms with Crippen LogP contribution in [0.5, 0.6) is 17.2 Å². The Morgan fingerprint density at radius 1 is 0.947 bits per heavy atom. The third-order valence-electron chi connectivity index (χ3n) is 6.31. The highest BCUT2D eigenvalue weighted by Crippen LogP contribution is 2.44. The van der Waals surface area contributed by atoms with Gasteiger partial charge in [-0.3, -0.25) is 14.5 Å². The number of benzene rings is 3. The van der Waals surface area contributed by atoms with Gasteiger partial charge in [0.05, 0.1) is 12.7 Å². The Morgan fingerprint density at radius 2 is 1.71 bits per heavy atom. The van der Waals surface area contributed by atoms with E-state index >= 15 is 0 Å². The number of ketones is 1. The first kappa shape index (κ1) is 23.6. The van der Waals surface area contributed by atoms with Gasteiger partial charge in [0.25, 0.3) is 5.91 Å². The zero-order valence-electron chi connectivity index (χ0n) is 20.2. The second-order valence-electron chi connectivity index (χ2n) is 8.58. The Hall–Kier alpha value is -4.82. The predicted molar refractivity (Wildman–Crippen MR) is 144 cm³/mol. The molecule has 0 fully saturated rings. The maximum atomic E-state index is 13.8. The van der Waals surface area contributed by atoms with Crippen LogP contribution in [0.15, 0.2) is 112 Å². The van der Waals surface area contributed by atoms with Crippen molar-refractivity contribution in [3.05, 3.63) is 118 Å². The average molecular weight is 524 g/mol. The molecule has 3 heterocycles. The summed E-state index contributed by atoms with van der Waals surface area (Å²) in [7, 11) is 1.52. The summed E-state index contributed by atoms with van der Waals surface area (Å²) < 4.78 is 17.1. The van der Waals surface area contributed by atoms with Gasteiger partial charge in [-0.1, -0.05) is 36.4 Å². The maximum Gasteiger partial charge on any atom is 0.294 e. The highest BCUT2D eigenvalue weighted by Gasteiger charge is 2.46. The van der Waals surface area contributed by atoms with Crippen molar-refractivity contribution < 1.29 is 28.6 Å². The molecule has 1 unspecified atom stereocenters. The SMILES string of the molecule is COc1cccc2cc(C(=O)C3=C(O)C(=O)N(c4ccc(Oc5ccccc5)cc4)C3c3cccs3)oc12. The molecule has 0 spiro atoms. The maximum absolute atomic E-state index is 13.8. The van der Waals surface area contributed by atoms with Gasteiger partial charge in [0.2, 0.25) is 5.78 Å². The van der Waals surface area contributed by atoms with Crippen molar-refractivity contribution in [3.63, 3.8) is 0 Å². The van der Waals surface area contributed by atoms with Gasteiger partial charge in [0.15, 0.2) is 22.9 Å². The van der Waals surface area contributed by atoms with E-state index in [2.05, 4.69) is 0 Å². The number of nitrogens with zero attached hydrogens (tertiary/aromatic N) is 1. The summed E-state index contributed by atoms with van der Waals surface area (Å²) in [5, 5.41) is 13.5. The molecule has 5 aromatic rings. The number of carbonyl (C=O) groups is 2. The number of furan rings is 1. The lowest BCUT2D eigenvalue weighted by Crippen LogP contribution is -2.30. The molecule has 1 atom stereocenters. The Kier molecular flexibility index (Phi) is 5.94. The average Bonchev–Trinajstić information content (AvgIpc) is 3.68. The van der Waals surface area contributed by atoms with Crippen LogP contribution >= 0.6 is 11.3 Å². The molecular weight excluding hydrogens is 502 g/mol. The largest absolute Gasteiger partial charge is 0.503 e. The van der Waals surface area contributed by atoms with Crippen molar-refractivity contribution in [1.29, 1.82) is 0 Å². The number of fused-ring (bicyclic) bond motifs is 1. The first-order chi connectivity index (χ1) is 18.5. The fraction of sp³-hybridized carbons (Fsp3) is 0.0667. The minimum atomic E-state index is -0.828. The lowest BCUT2D eigenvalue weighted by molar-refractivity contribution is -0.117. The minimum Gasteiger partial charge on any atom is -0.503 e. The van der Waals surface area contributed by atoms with Crippen molar-refractivity contribution in [1.82, 2.24) is 0 Å². The van der Waals surface area contributed by atoms with E-state index < -0.39 is 23.5 Å². The van der Waals surface area contributed by atoms with Gasteiger partial charge in [-0.05, 0) is 60.0 Å². The van der Waals surface area contributed by atoms with E-state index in [1.807, 2.05) is 47.8 Å². The van der Waals surface area contributed by atoms with E-state index in [4.69, 9.17) is 13.9 Å². The summed E-state index contributed by atoms with van der Waals surface area (Å²) in [5.41, 5.74) is 0.885. The van der Waals surface area contributed by atoms with E-state index in [-0.39, 0.29) is 11.3 Å². The molecule has 188 valence electrons. The van der Waals surface area contributed by atoms with Gasteiger partial charge in [0, 0.05) is 16.0 Å². The van der Waals surface area contributed by atoms with Crippen molar-refractivity contribution in [3.8, 4) is 17.2 Å². The predicted octanol–water partition coefficient (Wildman–Crippen LogP) is 7.08. The molecule has 0 saturated heterocycles. The fourth-order valence-corrected chi connectivity index (χ4v) is 5.38. The molecule has 38 heavy (non-hydrogen) atoms. The molecule has 0 bridgehead atoms. The third-order valence-corrected chi connectivity index (χ3v) is 7.24. The van der Waals surface area contributed by atoms with Gasteiger partial charge >= 0.3 is 0 Å². The number of hydrogen-bond acceptors (Lipinski definition) is 7. The number of thiophene rings is 1. The fourth-order valence-electron chi connectivity index (χ4n) is 4.56. The molecule has 7 nitrogen and oxygen atoms in total. The van der Waals surface area contributed by atoms with E-state index in [9.17, 15) is 14.7 Å². The Bertz CT molecular complexity index is 1670. The molecular formula is C30H21NO6S. The van der Waals surface area contributed by atoms with Gasteiger partial charge in [0.1, 0.15) is 17.5 Å². The standard InChI is InChI=1S/C30H21NO6S/c1-35-22-10-5-7-18-17-23(37-29(18)22)27(32)25-26(24-11-6-16-38-24)31(30(34)28(25)33)19-12-14-21(15-13-19)36-20-8-3-2-4-9-20/h2-17,26,33H,1H3. The molecule has 1 N–H and O–H groups in total. The summed E-state index contributed by atoms with van der Waals surface area (Å²) in [6, 6.07) is 26.0. The van der Waals surface area contributed by atoms with E-state index in [1.165, 1.54) is 23.3 Å². The smallest absolute Gasteiger partial charge is 0.294 e. The molecule has 1 amide bonds. The summed E-state index contributed by atoms with van der Waals surface area (Å²) in [6.45, 7) is 0. The normalized spacial score (nSPS) is 15.3. The molecule has 2 aromatic heterocycles. The second kappa shape index (κ2) is 9.57. The molecule has 6 rings (SSSR count). The van der Waals surface area contributed by atoms with Crippen LogP contribution in [0.1, 0.15) is 21.5 Å². The number of aliphatic hydroxyl groups excluding tert-OH is 1. The van der Waals surface area contributed by atoms with Crippen molar-refractivity contribution in [2.75, 3.05) is 12.0 Å². The number of rotatable bonds is 7. The number of carbonyl (C=O) groups excluding carboxylic acids is 2. The number of methoxy groups -OCH3 is 1. The minimum absolute atomic E-state index is 0.00821. The Labute approximate surface area is 221 Å². The topological polar surface area (TPSA) is 89.2 Å². The summed E-state index contributed by atoms with van der Waals surface area (Å²) in [4.78, 5) is 29.3. The van der Waals surface area contributed by atoms with Crippen LogP contribution in [0, 0.1) is 0 Å². The van der Waals surface area contributed by atoms with Gasteiger partial charge < -0.3 is 19.0 Å². The Balaban J connectivity index is 1.37. The Morgan fingerprint density at radius 3 is 2.42 bits per heavy atom. The van der Waals surface area contributed by atoms with E-state index in [0.717, 1.165) is 4.88 Å². The van der Waals surface area contributed by atoms with Crippen LogP contribution < -0.4 is 14.4 Å². The van der Waals surface area contributed by atoms with Crippen LogP contribution in [0.4, 0.5) is 5.69 Å². The number of Topliss-reactive ketones (excluding diaryl/α,β-unsaturated/α-hetero) is 1. The molecule has 0 radical (unpaired) electrons. The van der Waals surface area contributed by atoms with Crippen molar-refractivity contribution in [2.24, 2.45) is 0 Å². The quantitative estimate of drug-likeness (QED) is 0.229. The van der Waals surface area contributed by atoms with Crippen molar-refractivity contribution >= 4 is 39.7 Å². The number of ether oxygens (including phenoxy) is 2. The molecule has 8 heteroatoms. The van der Waals surface area contributed by atoms with E-state index in [1.54, 1.807) is 48.5 Å². The number of para-hydroxylation sites is 2. The number of aliphatic hydroxyl groups is 1. The van der Waals surface area contributed by atoms with Crippen LogP contribution in [-0.2, 0) is 4.79 Å².